The summed E-state index contributed by atoms with van der Waals surface area (Å²) >= 11 is 0. The van der Waals surface area contributed by atoms with Gasteiger partial charge in [0.2, 0.25) is 29.5 Å². The first kappa shape index (κ1) is 30.3. The second kappa shape index (κ2) is 18.8. The van der Waals surface area contributed by atoms with Crippen LogP contribution in [0.25, 0.3) is 0 Å². The number of carbonyl (C=O) groups is 5. The van der Waals surface area contributed by atoms with Crippen molar-refractivity contribution in [3.8, 4) is 0 Å². The molecule has 0 aromatic heterocycles. The maximum Gasteiger partial charge on any atom is 0.246 e. The number of rotatable bonds is 19. The molecular weight excluding hydrogens is 440 g/mol. The number of nitrogens with zero attached hydrogens (tertiary/aromatic N) is 2. The molecule has 188 valence electrons. The molecule has 0 atom stereocenters. The summed E-state index contributed by atoms with van der Waals surface area (Å²) in [5.41, 5.74) is 0. The quantitative estimate of drug-likeness (QED) is 0.135. The van der Waals surface area contributed by atoms with Crippen molar-refractivity contribution >= 4 is 29.5 Å². The van der Waals surface area contributed by atoms with Crippen molar-refractivity contribution in [3.05, 3.63) is 50.6 Å². The molecular formula is C23H36N6O5. The second-order valence-electron chi connectivity index (χ2n) is 6.90. The van der Waals surface area contributed by atoms with Crippen LogP contribution in [0.2, 0.25) is 0 Å². The van der Waals surface area contributed by atoms with Crippen LogP contribution in [0.4, 0.5) is 0 Å². The molecule has 0 aliphatic carbocycles. The summed E-state index contributed by atoms with van der Waals surface area (Å²) in [6.07, 6.45) is 4.90. The highest BCUT2D eigenvalue weighted by molar-refractivity contribution is 5.88. The van der Waals surface area contributed by atoms with E-state index in [1.807, 2.05) is 0 Å². The number of amides is 5. The minimum absolute atomic E-state index is 0.190. The van der Waals surface area contributed by atoms with Crippen LogP contribution in [0.15, 0.2) is 50.6 Å². The lowest BCUT2D eigenvalue weighted by Crippen LogP contribution is -2.42. The predicted octanol–water partition coefficient (Wildman–Crippen LogP) is -1.28. The van der Waals surface area contributed by atoms with Gasteiger partial charge in [0.1, 0.15) is 0 Å². The lowest BCUT2D eigenvalue weighted by atomic mass is 10.3. The molecule has 4 N–H and O–H groups in total. The SMILES string of the molecule is C=CC(=O)NCCN(CCNCCC(=O)NCCN(CCNC(=O)C=C)C(=O)C=C)C(=O)C=C. The summed E-state index contributed by atoms with van der Waals surface area (Å²) in [4.78, 5) is 61.2. The molecule has 0 rings (SSSR count). The molecule has 0 spiro atoms. The maximum atomic E-state index is 12.0. The Kier molecular flexibility index (Phi) is 16.7. The summed E-state index contributed by atoms with van der Waals surface area (Å²) in [5.74, 6) is -1.39. The minimum atomic E-state index is -0.330. The van der Waals surface area contributed by atoms with Gasteiger partial charge in [0.25, 0.3) is 0 Å². The summed E-state index contributed by atoms with van der Waals surface area (Å²) in [7, 11) is 0. The zero-order chi connectivity index (χ0) is 25.8. The van der Waals surface area contributed by atoms with Crippen molar-refractivity contribution in [1.82, 2.24) is 31.1 Å². The third-order valence-corrected chi connectivity index (χ3v) is 4.50. The second-order valence-corrected chi connectivity index (χ2v) is 6.90. The van der Waals surface area contributed by atoms with Crippen molar-refractivity contribution in [3.63, 3.8) is 0 Å². The molecule has 0 radical (unpaired) electrons. The fourth-order valence-electron chi connectivity index (χ4n) is 2.65. The average molecular weight is 477 g/mol. The molecule has 0 aromatic rings. The highest BCUT2D eigenvalue weighted by Crippen LogP contribution is 1.92. The lowest BCUT2D eigenvalue weighted by molar-refractivity contribution is -0.127. The topological polar surface area (TPSA) is 140 Å². The Hall–Kier alpha value is -3.73. The Labute approximate surface area is 201 Å². The van der Waals surface area contributed by atoms with Gasteiger partial charge in [-0.25, -0.2) is 0 Å². The van der Waals surface area contributed by atoms with Gasteiger partial charge in [-0.1, -0.05) is 26.3 Å². The average Bonchev–Trinajstić information content (AvgIpc) is 2.84. The molecule has 0 aliphatic rings. The van der Waals surface area contributed by atoms with Crippen molar-refractivity contribution in [2.24, 2.45) is 0 Å². The van der Waals surface area contributed by atoms with Crippen LogP contribution in [0, 0.1) is 0 Å². The van der Waals surface area contributed by atoms with Gasteiger partial charge in [-0.3, -0.25) is 24.0 Å². The van der Waals surface area contributed by atoms with Crippen LogP contribution >= 0.6 is 0 Å². The maximum absolute atomic E-state index is 12.0. The largest absolute Gasteiger partial charge is 0.354 e. The molecule has 0 aliphatic heterocycles. The summed E-state index contributed by atoms with van der Waals surface area (Å²) in [6, 6.07) is 0. The molecule has 0 bridgehead atoms. The Balaban J connectivity index is 4.19. The van der Waals surface area contributed by atoms with E-state index >= 15 is 0 Å². The van der Waals surface area contributed by atoms with E-state index in [-0.39, 0.29) is 62.1 Å². The number of carbonyl (C=O) groups excluding carboxylic acids is 5. The standard InChI is InChI=1S/C23H36N6O5/c1-5-19(30)25-12-16-28(22(33)7-3)15-11-24-10-9-21(32)27-14-18-29(23(34)8-4)17-13-26-20(31)6-2/h5-8,24H,1-4,9-18H2,(H,25,30)(H,26,31)(H,27,32). The highest BCUT2D eigenvalue weighted by Gasteiger charge is 2.12. The highest BCUT2D eigenvalue weighted by atomic mass is 16.2. The molecule has 0 saturated heterocycles. The zero-order valence-electron chi connectivity index (χ0n) is 19.6. The van der Waals surface area contributed by atoms with E-state index in [2.05, 4.69) is 47.6 Å². The molecule has 11 nitrogen and oxygen atoms in total. The number of hydrogen-bond donors (Lipinski definition) is 4. The van der Waals surface area contributed by atoms with Crippen molar-refractivity contribution in [2.75, 3.05) is 58.9 Å². The van der Waals surface area contributed by atoms with E-state index in [1.165, 1.54) is 22.0 Å². The first-order valence-corrected chi connectivity index (χ1v) is 10.9. The van der Waals surface area contributed by atoms with Crippen molar-refractivity contribution in [2.45, 2.75) is 6.42 Å². The van der Waals surface area contributed by atoms with Crippen LogP contribution in [0.1, 0.15) is 6.42 Å². The van der Waals surface area contributed by atoms with Gasteiger partial charge in [-0.05, 0) is 24.3 Å². The van der Waals surface area contributed by atoms with Crippen LogP contribution < -0.4 is 21.3 Å². The molecule has 11 heteroatoms. The lowest BCUT2D eigenvalue weighted by Gasteiger charge is -2.22. The van der Waals surface area contributed by atoms with Gasteiger partial charge in [0.15, 0.2) is 0 Å². The van der Waals surface area contributed by atoms with Crippen LogP contribution in [0.3, 0.4) is 0 Å². The van der Waals surface area contributed by atoms with Crippen LogP contribution in [-0.4, -0.2) is 98.2 Å². The first-order valence-electron chi connectivity index (χ1n) is 10.9. The Bertz CT molecular complexity index is 752. The van der Waals surface area contributed by atoms with Crippen LogP contribution in [0.5, 0.6) is 0 Å². The summed E-state index contributed by atoms with van der Waals surface area (Å²) in [6.45, 7) is 16.6. The smallest absolute Gasteiger partial charge is 0.246 e. The van der Waals surface area contributed by atoms with E-state index in [9.17, 15) is 24.0 Å². The van der Waals surface area contributed by atoms with Gasteiger partial charge in [-0.2, -0.15) is 0 Å². The van der Waals surface area contributed by atoms with E-state index in [4.69, 9.17) is 0 Å². The third-order valence-electron chi connectivity index (χ3n) is 4.50. The van der Waals surface area contributed by atoms with E-state index in [1.54, 1.807) is 0 Å². The van der Waals surface area contributed by atoms with Gasteiger partial charge in [0, 0.05) is 65.3 Å². The zero-order valence-corrected chi connectivity index (χ0v) is 19.6. The molecule has 0 fully saturated rings. The molecule has 0 unspecified atom stereocenters. The number of nitrogens with one attached hydrogen (secondary N) is 4. The molecule has 0 aromatic carbocycles. The Morgan fingerprint density at radius 1 is 0.559 bits per heavy atom. The molecule has 34 heavy (non-hydrogen) atoms. The summed E-state index contributed by atoms with van der Waals surface area (Å²) < 4.78 is 0. The third kappa shape index (κ3) is 14.4. The van der Waals surface area contributed by atoms with Gasteiger partial charge in [-0.15, -0.1) is 0 Å². The minimum Gasteiger partial charge on any atom is -0.354 e. The first-order chi connectivity index (χ1) is 16.3. The molecule has 0 saturated carbocycles. The van der Waals surface area contributed by atoms with Gasteiger partial charge in [0.05, 0.1) is 0 Å². The van der Waals surface area contributed by atoms with Crippen molar-refractivity contribution < 1.29 is 24.0 Å². The monoisotopic (exact) mass is 476 g/mol. The fraction of sp³-hybridized carbons (Fsp3) is 0.435. The number of hydrogen-bond acceptors (Lipinski definition) is 6. The van der Waals surface area contributed by atoms with E-state index in [0.717, 1.165) is 12.2 Å². The van der Waals surface area contributed by atoms with E-state index in [0.29, 0.717) is 32.7 Å². The van der Waals surface area contributed by atoms with E-state index < -0.39 is 0 Å². The molecule has 0 heterocycles. The van der Waals surface area contributed by atoms with Crippen molar-refractivity contribution in [1.29, 1.82) is 0 Å². The Morgan fingerprint density at radius 3 is 1.38 bits per heavy atom. The van der Waals surface area contributed by atoms with Gasteiger partial charge < -0.3 is 31.1 Å². The predicted molar refractivity (Wildman–Crippen MR) is 130 cm³/mol. The Morgan fingerprint density at radius 2 is 0.971 bits per heavy atom. The summed E-state index contributed by atoms with van der Waals surface area (Å²) in [5, 5.41) is 11.0. The normalized spacial score (nSPS) is 9.76. The van der Waals surface area contributed by atoms with Gasteiger partial charge >= 0.3 is 0 Å². The van der Waals surface area contributed by atoms with Crippen LogP contribution in [-0.2, 0) is 24.0 Å². The fourth-order valence-corrected chi connectivity index (χ4v) is 2.65. The molecule has 5 amide bonds.